The summed E-state index contributed by atoms with van der Waals surface area (Å²) in [6.07, 6.45) is 0.836. The molecule has 0 N–H and O–H groups in total. The van der Waals surface area contributed by atoms with Crippen LogP contribution in [-0.2, 0) is 22.6 Å². The molecule has 1 heterocycles. The van der Waals surface area contributed by atoms with E-state index in [0.29, 0.717) is 25.8 Å². The fourth-order valence-electron chi connectivity index (χ4n) is 2.78. The van der Waals surface area contributed by atoms with Crippen LogP contribution in [0.5, 0.6) is 0 Å². The van der Waals surface area contributed by atoms with Crippen LogP contribution in [-0.4, -0.2) is 31.2 Å². The molecule has 0 bridgehead atoms. The number of hydrogen-bond acceptors (Lipinski definition) is 7. The monoisotopic (exact) mass is 367 g/mol. The highest BCUT2D eigenvalue weighted by Crippen LogP contribution is 2.27. The van der Waals surface area contributed by atoms with Crippen molar-refractivity contribution in [1.29, 1.82) is 0 Å². The predicted molar refractivity (Wildman–Crippen MR) is 105 cm³/mol. The first-order valence-corrected chi connectivity index (χ1v) is 8.95. The summed E-state index contributed by atoms with van der Waals surface area (Å²) >= 11 is 0. The van der Waals surface area contributed by atoms with E-state index in [2.05, 4.69) is 27.7 Å². The zero-order valence-electron chi connectivity index (χ0n) is 16.0. The summed E-state index contributed by atoms with van der Waals surface area (Å²) in [6.45, 7) is 5.37. The molecule has 7 heteroatoms. The van der Waals surface area contributed by atoms with Crippen molar-refractivity contribution in [2.24, 2.45) is 15.6 Å². The Morgan fingerprint density at radius 2 is 1.93 bits per heavy atom. The molecule has 0 radical (unpaired) electrons. The molecule has 2 aromatic carbocycles. The number of anilines is 1. The van der Waals surface area contributed by atoms with Crippen molar-refractivity contribution in [2.45, 2.75) is 26.9 Å². The molecule has 2 aromatic rings. The van der Waals surface area contributed by atoms with Crippen LogP contribution in [0.2, 0.25) is 0 Å². The van der Waals surface area contributed by atoms with Crippen LogP contribution in [0.4, 0.5) is 5.69 Å². The number of aryl methyl sites for hydroxylation is 1. The summed E-state index contributed by atoms with van der Waals surface area (Å²) in [6, 6.07) is 16.3. The maximum Gasteiger partial charge on any atom is 0.222 e. The lowest BCUT2D eigenvalue weighted by Gasteiger charge is -2.18. The Morgan fingerprint density at radius 1 is 1.11 bits per heavy atom. The van der Waals surface area contributed by atoms with Crippen LogP contribution in [0.3, 0.4) is 0 Å². The fraction of sp³-hybridized carbons (Fsp3) is 0.350. The maximum absolute atomic E-state index is 5.63. The molecule has 0 fully saturated rings. The number of benzene rings is 2. The molecule has 27 heavy (non-hydrogen) atoms. The molecule has 0 unspecified atom stereocenters. The molecule has 0 spiro atoms. The van der Waals surface area contributed by atoms with Crippen molar-refractivity contribution in [1.82, 2.24) is 5.01 Å². The van der Waals surface area contributed by atoms with Crippen molar-refractivity contribution < 1.29 is 9.57 Å². The lowest BCUT2D eigenvalue weighted by Crippen LogP contribution is -2.22. The Bertz CT molecular complexity index is 807. The van der Waals surface area contributed by atoms with Gasteiger partial charge < -0.3 is 9.57 Å². The van der Waals surface area contributed by atoms with E-state index in [4.69, 9.17) is 9.57 Å². The van der Waals surface area contributed by atoms with E-state index in [1.165, 1.54) is 5.56 Å². The number of oxime groups is 1. The molecular weight excluding hydrogens is 342 g/mol. The van der Waals surface area contributed by atoms with Gasteiger partial charge in [-0.25, -0.2) is 5.01 Å². The summed E-state index contributed by atoms with van der Waals surface area (Å²) in [4.78, 5) is 5.54. The summed E-state index contributed by atoms with van der Waals surface area (Å²) in [5.74, 6) is 0.515. The molecule has 0 saturated heterocycles. The molecule has 0 aromatic heterocycles. The van der Waals surface area contributed by atoms with Gasteiger partial charge in [0.2, 0.25) is 5.90 Å². The standard InChI is InChI=1S/C20H25N5O2/c1-16-8-7-11-20(25-15-24(3)22-23-25)19(16)14-27-21-17(2)26-13-12-18-9-5-4-6-10-18/h4-11H,12-15H2,1-3H3. The molecule has 0 aliphatic carbocycles. The van der Waals surface area contributed by atoms with Gasteiger partial charge in [-0.05, 0) is 29.3 Å². The van der Waals surface area contributed by atoms with E-state index >= 15 is 0 Å². The quantitative estimate of drug-likeness (QED) is 0.420. The number of hydrogen-bond donors (Lipinski definition) is 0. The minimum absolute atomic E-state index is 0.344. The highest BCUT2D eigenvalue weighted by Gasteiger charge is 2.18. The van der Waals surface area contributed by atoms with Gasteiger partial charge in [0.15, 0.2) is 0 Å². The van der Waals surface area contributed by atoms with E-state index in [1.54, 1.807) is 11.9 Å². The zero-order valence-corrected chi connectivity index (χ0v) is 16.0. The Hall–Kier alpha value is -3.09. The Kier molecular flexibility index (Phi) is 6.25. The van der Waals surface area contributed by atoms with Crippen LogP contribution < -0.4 is 5.01 Å². The second-order valence-corrected chi connectivity index (χ2v) is 6.42. The van der Waals surface area contributed by atoms with Gasteiger partial charge in [0.05, 0.1) is 12.3 Å². The smallest absolute Gasteiger partial charge is 0.222 e. The van der Waals surface area contributed by atoms with Gasteiger partial charge in [0, 0.05) is 26.0 Å². The molecule has 3 rings (SSSR count). The lowest BCUT2D eigenvalue weighted by molar-refractivity contribution is 0.118. The number of ether oxygens (including phenoxy) is 1. The first-order valence-electron chi connectivity index (χ1n) is 8.95. The predicted octanol–water partition coefficient (Wildman–Crippen LogP) is 4.10. The van der Waals surface area contributed by atoms with Crippen LogP contribution in [0.1, 0.15) is 23.6 Å². The Labute approximate surface area is 159 Å². The average molecular weight is 367 g/mol. The Morgan fingerprint density at radius 3 is 2.67 bits per heavy atom. The molecular formula is C20H25N5O2. The van der Waals surface area contributed by atoms with Crippen LogP contribution in [0.15, 0.2) is 64.1 Å². The van der Waals surface area contributed by atoms with Crippen LogP contribution >= 0.6 is 0 Å². The van der Waals surface area contributed by atoms with Crippen LogP contribution in [0.25, 0.3) is 0 Å². The molecule has 7 nitrogen and oxygen atoms in total. The van der Waals surface area contributed by atoms with Crippen molar-refractivity contribution in [3.05, 3.63) is 65.2 Å². The molecule has 0 amide bonds. The van der Waals surface area contributed by atoms with Crippen LogP contribution in [0, 0.1) is 6.92 Å². The first kappa shape index (κ1) is 18.7. The summed E-state index contributed by atoms with van der Waals surface area (Å²) in [5.41, 5.74) is 4.36. The van der Waals surface area contributed by atoms with Gasteiger partial charge in [-0.2, -0.15) is 0 Å². The highest BCUT2D eigenvalue weighted by molar-refractivity contribution is 5.72. The van der Waals surface area contributed by atoms with Gasteiger partial charge in [-0.15, -0.1) is 0 Å². The Balaban J connectivity index is 1.53. The normalized spacial score (nSPS) is 14.0. The highest BCUT2D eigenvalue weighted by atomic mass is 16.6. The molecule has 1 aliphatic heterocycles. The first-order chi connectivity index (χ1) is 13.1. The summed E-state index contributed by atoms with van der Waals surface area (Å²) in [7, 11) is 1.88. The van der Waals surface area contributed by atoms with E-state index < -0.39 is 0 Å². The van der Waals surface area contributed by atoms with Crippen molar-refractivity contribution in [3.63, 3.8) is 0 Å². The fourth-order valence-corrected chi connectivity index (χ4v) is 2.78. The number of nitrogens with zero attached hydrogens (tertiary/aromatic N) is 5. The van der Waals surface area contributed by atoms with E-state index in [1.807, 2.05) is 55.4 Å². The molecule has 0 saturated carbocycles. The maximum atomic E-state index is 5.63. The van der Waals surface area contributed by atoms with Crippen molar-refractivity contribution in [3.8, 4) is 0 Å². The van der Waals surface area contributed by atoms with Gasteiger partial charge in [-0.1, -0.05) is 52.8 Å². The second kappa shape index (κ2) is 9.02. The van der Waals surface area contributed by atoms with Crippen molar-refractivity contribution >= 4 is 11.6 Å². The third-order valence-corrected chi connectivity index (χ3v) is 4.25. The van der Waals surface area contributed by atoms with E-state index in [9.17, 15) is 0 Å². The number of rotatable bonds is 7. The lowest BCUT2D eigenvalue weighted by atomic mass is 10.1. The minimum Gasteiger partial charge on any atom is -0.478 e. The SMILES string of the molecule is CC(=NOCc1c(C)cccc1N1CN(C)N=N1)OCCc1ccccc1. The van der Waals surface area contributed by atoms with Gasteiger partial charge >= 0.3 is 0 Å². The summed E-state index contributed by atoms with van der Waals surface area (Å²) < 4.78 is 5.63. The third kappa shape index (κ3) is 5.20. The zero-order chi connectivity index (χ0) is 19.1. The van der Waals surface area contributed by atoms with Gasteiger partial charge in [0.25, 0.3) is 0 Å². The minimum atomic E-state index is 0.344. The van der Waals surface area contributed by atoms with E-state index in [0.717, 1.165) is 23.2 Å². The summed E-state index contributed by atoms with van der Waals surface area (Å²) in [5, 5.41) is 15.9. The van der Waals surface area contributed by atoms with E-state index in [-0.39, 0.29) is 0 Å². The van der Waals surface area contributed by atoms with Gasteiger partial charge in [-0.3, -0.25) is 5.01 Å². The topological polar surface area (TPSA) is 62.0 Å². The van der Waals surface area contributed by atoms with Crippen molar-refractivity contribution in [2.75, 3.05) is 25.3 Å². The molecule has 1 aliphatic rings. The molecule has 0 atom stereocenters. The van der Waals surface area contributed by atoms with Gasteiger partial charge in [0.1, 0.15) is 13.3 Å². The largest absolute Gasteiger partial charge is 0.478 e. The third-order valence-electron chi connectivity index (χ3n) is 4.25. The molecule has 142 valence electrons. The average Bonchev–Trinajstić information content (AvgIpc) is 3.10. The second-order valence-electron chi connectivity index (χ2n) is 6.42.